The number of hydrogen-bond donors (Lipinski definition) is 1. The van der Waals surface area contributed by atoms with Gasteiger partial charge in [0.1, 0.15) is 6.61 Å². The molecule has 0 unspecified atom stereocenters. The third-order valence-corrected chi connectivity index (χ3v) is 4.39. The van der Waals surface area contributed by atoms with E-state index in [1.165, 1.54) is 103 Å². The lowest BCUT2D eigenvalue weighted by atomic mass is 10.0. The van der Waals surface area contributed by atoms with E-state index in [0.29, 0.717) is 6.61 Å². The SMILES string of the molecule is CCCCCCCCCCCCCCCCCC.CCOCC(=O)O. The fourth-order valence-corrected chi connectivity index (χ4v) is 2.81. The molecule has 0 saturated heterocycles. The van der Waals surface area contributed by atoms with E-state index in [1.807, 2.05) is 0 Å². The number of carboxylic acid groups (broad SMARTS) is 1. The Morgan fingerprint density at radius 1 is 0.600 bits per heavy atom. The van der Waals surface area contributed by atoms with Gasteiger partial charge >= 0.3 is 5.97 Å². The highest BCUT2D eigenvalue weighted by molar-refractivity contribution is 5.67. The molecule has 0 aliphatic rings. The molecule has 152 valence electrons. The van der Waals surface area contributed by atoms with Crippen molar-refractivity contribution in [3.05, 3.63) is 0 Å². The monoisotopic (exact) mass is 358 g/mol. The van der Waals surface area contributed by atoms with Crippen molar-refractivity contribution in [1.82, 2.24) is 0 Å². The molecule has 25 heavy (non-hydrogen) atoms. The summed E-state index contributed by atoms with van der Waals surface area (Å²) in [6.07, 6.45) is 23.4. The van der Waals surface area contributed by atoms with Crippen LogP contribution in [0.15, 0.2) is 0 Å². The summed E-state index contributed by atoms with van der Waals surface area (Å²) in [6.45, 7) is 6.62. The van der Waals surface area contributed by atoms with Crippen LogP contribution >= 0.6 is 0 Å². The second-order valence-electron chi connectivity index (χ2n) is 6.98. The molecule has 1 N–H and O–H groups in total. The minimum Gasteiger partial charge on any atom is -0.480 e. The van der Waals surface area contributed by atoms with Gasteiger partial charge in [0.25, 0.3) is 0 Å². The zero-order valence-corrected chi connectivity index (χ0v) is 17.5. The largest absolute Gasteiger partial charge is 0.480 e. The maximum atomic E-state index is 9.63. The first-order valence-electron chi connectivity index (χ1n) is 11.0. The van der Waals surface area contributed by atoms with E-state index >= 15 is 0 Å². The van der Waals surface area contributed by atoms with Crippen LogP contribution < -0.4 is 0 Å². The Morgan fingerprint density at radius 2 is 0.880 bits per heavy atom. The van der Waals surface area contributed by atoms with E-state index in [4.69, 9.17) is 5.11 Å². The van der Waals surface area contributed by atoms with Gasteiger partial charge in [-0.25, -0.2) is 4.79 Å². The van der Waals surface area contributed by atoms with Crippen molar-refractivity contribution in [2.75, 3.05) is 13.2 Å². The average molecular weight is 359 g/mol. The normalized spacial score (nSPS) is 10.4. The molecule has 0 spiro atoms. The Bertz CT molecular complexity index is 225. The van der Waals surface area contributed by atoms with Crippen molar-refractivity contribution in [3.8, 4) is 0 Å². The molecule has 0 bridgehead atoms. The van der Waals surface area contributed by atoms with Crippen molar-refractivity contribution in [1.29, 1.82) is 0 Å². The molecule has 0 rings (SSSR count). The van der Waals surface area contributed by atoms with Crippen LogP contribution in [0.1, 0.15) is 124 Å². The van der Waals surface area contributed by atoms with E-state index < -0.39 is 5.97 Å². The molecule has 0 aromatic rings. The fraction of sp³-hybridized carbons (Fsp3) is 0.955. The molecular weight excluding hydrogens is 312 g/mol. The van der Waals surface area contributed by atoms with Crippen LogP contribution in [0.3, 0.4) is 0 Å². The highest BCUT2D eigenvalue weighted by Crippen LogP contribution is 2.13. The highest BCUT2D eigenvalue weighted by Gasteiger charge is 1.93. The second-order valence-corrected chi connectivity index (χ2v) is 6.98. The predicted molar refractivity (Wildman–Crippen MR) is 109 cm³/mol. The summed E-state index contributed by atoms with van der Waals surface area (Å²) in [7, 11) is 0. The molecule has 0 saturated carbocycles. The number of rotatable bonds is 18. The number of carbonyl (C=O) groups is 1. The number of unbranched alkanes of at least 4 members (excludes halogenated alkanes) is 15. The van der Waals surface area contributed by atoms with Crippen LogP contribution in [0.25, 0.3) is 0 Å². The van der Waals surface area contributed by atoms with Crippen LogP contribution in [-0.2, 0) is 9.53 Å². The molecular formula is C22H46O3. The fourth-order valence-electron chi connectivity index (χ4n) is 2.81. The van der Waals surface area contributed by atoms with Gasteiger partial charge in [-0.15, -0.1) is 0 Å². The minimum atomic E-state index is -0.915. The van der Waals surface area contributed by atoms with Crippen molar-refractivity contribution >= 4 is 5.97 Å². The van der Waals surface area contributed by atoms with E-state index in [0.717, 1.165) is 0 Å². The quantitative estimate of drug-likeness (QED) is 0.260. The maximum Gasteiger partial charge on any atom is 0.329 e. The molecule has 3 nitrogen and oxygen atoms in total. The van der Waals surface area contributed by atoms with E-state index in [1.54, 1.807) is 6.92 Å². The van der Waals surface area contributed by atoms with Crippen molar-refractivity contribution in [2.45, 2.75) is 124 Å². The lowest BCUT2D eigenvalue weighted by molar-refractivity contribution is -0.142. The third-order valence-electron chi connectivity index (χ3n) is 4.39. The van der Waals surface area contributed by atoms with Gasteiger partial charge in [0.15, 0.2) is 0 Å². The van der Waals surface area contributed by atoms with Gasteiger partial charge in [0, 0.05) is 6.61 Å². The lowest BCUT2D eigenvalue weighted by Crippen LogP contribution is -2.05. The maximum absolute atomic E-state index is 9.63. The van der Waals surface area contributed by atoms with Gasteiger partial charge in [-0.1, -0.05) is 117 Å². The Labute approximate surface area is 157 Å². The van der Waals surface area contributed by atoms with Crippen LogP contribution in [0.2, 0.25) is 0 Å². The molecule has 3 heteroatoms. The van der Waals surface area contributed by atoms with Crippen molar-refractivity contribution < 1.29 is 14.6 Å². The second kappa shape index (κ2) is 25.7. The summed E-state index contributed by atoms with van der Waals surface area (Å²) >= 11 is 0. The first kappa shape index (κ1) is 26.7. The van der Waals surface area contributed by atoms with Crippen LogP contribution in [0.4, 0.5) is 0 Å². The molecule has 0 aromatic heterocycles. The van der Waals surface area contributed by atoms with Crippen molar-refractivity contribution in [2.24, 2.45) is 0 Å². The number of carboxylic acids is 1. The Kier molecular flexibility index (Phi) is 27.4. The van der Waals surface area contributed by atoms with Crippen molar-refractivity contribution in [3.63, 3.8) is 0 Å². The summed E-state index contributed by atoms with van der Waals surface area (Å²) in [5, 5.41) is 7.92. The molecule has 0 aliphatic heterocycles. The molecule has 0 aliphatic carbocycles. The van der Waals surface area contributed by atoms with Gasteiger partial charge in [-0.2, -0.15) is 0 Å². The van der Waals surface area contributed by atoms with Crippen LogP contribution in [0.5, 0.6) is 0 Å². The topological polar surface area (TPSA) is 46.5 Å². The number of ether oxygens (including phenoxy) is 1. The highest BCUT2D eigenvalue weighted by atomic mass is 16.5. The summed E-state index contributed by atoms with van der Waals surface area (Å²) < 4.78 is 4.50. The zero-order valence-electron chi connectivity index (χ0n) is 17.5. The first-order valence-corrected chi connectivity index (χ1v) is 11.0. The number of hydrogen-bond acceptors (Lipinski definition) is 2. The summed E-state index contributed by atoms with van der Waals surface area (Å²) in [5.74, 6) is -0.915. The minimum absolute atomic E-state index is 0.184. The molecule has 0 fully saturated rings. The van der Waals surface area contributed by atoms with Gasteiger partial charge in [-0.05, 0) is 6.92 Å². The smallest absolute Gasteiger partial charge is 0.329 e. The van der Waals surface area contributed by atoms with E-state index in [9.17, 15) is 4.79 Å². The predicted octanol–water partition coefficient (Wildman–Crippen LogP) is 7.38. The first-order chi connectivity index (χ1) is 12.2. The molecule has 0 radical (unpaired) electrons. The van der Waals surface area contributed by atoms with Crippen LogP contribution in [0, 0.1) is 0 Å². The number of aliphatic carboxylic acids is 1. The molecule has 0 amide bonds. The Morgan fingerprint density at radius 3 is 1.04 bits per heavy atom. The average Bonchev–Trinajstić information content (AvgIpc) is 2.61. The zero-order chi connectivity index (χ0) is 19.0. The molecule has 0 atom stereocenters. The standard InChI is InChI=1S/C18H38.C4H8O3/c1-3-5-7-9-11-13-15-17-18-16-14-12-10-8-6-4-2;1-2-7-3-4(5)6/h3-18H2,1-2H3;2-3H2,1H3,(H,5,6). The van der Waals surface area contributed by atoms with Gasteiger partial charge in [-0.3, -0.25) is 0 Å². The summed E-state index contributed by atoms with van der Waals surface area (Å²) in [5.41, 5.74) is 0. The summed E-state index contributed by atoms with van der Waals surface area (Å²) in [4.78, 5) is 9.63. The molecule has 0 aromatic carbocycles. The Balaban J connectivity index is 0. The van der Waals surface area contributed by atoms with E-state index in [2.05, 4.69) is 18.6 Å². The van der Waals surface area contributed by atoms with E-state index in [-0.39, 0.29) is 6.61 Å². The lowest BCUT2D eigenvalue weighted by Gasteiger charge is -2.03. The summed E-state index contributed by atoms with van der Waals surface area (Å²) in [6, 6.07) is 0. The van der Waals surface area contributed by atoms with Gasteiger partial charge in [0.05, 0.1) is 0 Å². The Hall–Kier alpha value is -0.570. The van der Waals surface area contributed by atoms with Gasteiger partial charge in [0.2, 0.25) is 0 Å². The van der Waals surface area contributed by atoms with Gasteiger partial charge < -0.3 is 9.84 Å². The van der Waals surface area contributed by atoms with Crippen LogP contribution in [-0.4, -0.2) is 24.3 Å². The molecule has 0 heterocycles. The third kappa shape index (κ3) is 31.7.